The lowest BCUT2D eigenvalue weighted by molar-refractivity contribution is 0.935. The highest BCUT2D eigenvalue weighted by Gasteiger charge is 2.23. The van der Waals surface area contributed by atoms with Crippen LogP contribution >= 0.6 is 0 Å². The SMILES string of the molecule is CC1=CC(C[Si]CC2C=C(C)c3ccccc32)c2ccccc21. The molecule has 114 valence electrons. The van der Waals surface area contributed by atoms with Crippen molar-refractivity contribution < 1.29 is 0 Å². The molecule has 2 aromatic rings. The van der Waals surface area contributed by atoms with Crippen LogP contribution in [-0.2, 0) is 0 Å². The molecule has 0 saturated heterocycles. The first-order valence-electron chi connectivity index (χ1n) is 8.50. The number of hydrogen-bond acceptors (Lipinski definition) is 0. The third kappa shape index (κ3) is 2.64. The number of hydrogen-bond donors (Lipinski definition) is 0. The topological polar surface area (TPSA) is 0 Å². The van der Waals surface area contributed by atoms with Crippen molar-refractivity contribution in [1.82, 2.24) is 0 Å². The predicted molar refractivity (Wildman–Crippen MR) is 101 cm³/mol. The van der Waals surface area contributed by atoms with Crippen LogP contribution < -0.4 is 0 Å². The second-order valence-electron chi connectivity index (χ2n) is 6.75. The predicted octanol–water partition coefficient (Wildman–Crippen LogP) is 5.93. The maximum absolute atomic E-state index is 2.47. The monoisotopic (exact) mass is 314 g/mol. The van der Waals surface area contributed by atoms with Crippen molar-refractivity contribution in [1.29, 1.82) is 0 Å². The number of benzene rings is 2. The van der Waals surface area contributed by atoms with E-state index in [2.05, 4.69) is 74.5 Å². The van der Waals surface area contributed by atoms with Crippen molar-refractivity contribution in [3.8, 4) is 0 Å². The highest BCUT2D eigenvalue weighted by atomic mass is 28.2. The molecular weight excluding hydrogens is 292 g/mol. The van der Waals surface area contributed by atoms with Gasteiger partial charge in [0.05, 0.1) is 0 Å². The second-order valence-corrected chi connectivity index (χ2v) is 8.06. The Morgan fingerprint density at radius 3 is 1.61 bits per heavy atom. The van der Waals surface area contributed by atoms with Gasteiger partial charge in [-0.1, -0.05) is 72.8 Å². The average molecular weight is 315 g/mol. The van der Waals surface area contributed by atoms with Crippen molar-refractivity contribution >= 4 is 20.7 Å². The highest BCUT2D eigenvalue weighted by Crippen LogP contribution is 2.40. The smallest absolute Gasteiger partial charge is 0.0397 e. The van der Waals surface area contributed by atoms with Crippen LogP contribution in [0.15, 0.2) is 60.7 Å². The van der Waals surface area contributed by atoms with E-state index in [1.165, 1.54) is 45.5 Å². The lowest BCUT2D eigenvalue weighted by Gasteiger charge is -2.13. The molecule has 0 amide bonds. The van der Waals surface area contributed by atoms with Crippen LogP contribution in [-0.4, -0.2) is 9.52 Å². The fourth-order valence-electron chi connectivity index (χ4n) is 4.05. The summed E-state index contributed by atoms with van der Waals surface area (Å²) in [6.45, 7) is 4.50. The summed E-state index contributed by atoms with van der Waals surface area (Å²) in [6.07, 6.45) is 4.95. The van der Waals surface area contributed by atoms with Crippen molar-refractivity contribution in [2.75, 3.05) is 0 Å². The van der Waals surface area contributed by atoms with E-state index >= 15 is 0 Å². The minimum absolute atomic E-state index is 0.631. The molecule has 2 unspecified atom stereocenters. The van der Waals surface area contributed by atoms with Crippen LogP contribution in [0.4, 0.5) is 0 Å². The molecule has 0 bridgehead atoms. The van der Waals surface area contributed by atoms with Crippen LogP contribution in [0.2, 0.25) is 12.1 Å². The van der Waals surface area contributed by atoms with Gasteiger partial charge in [-0.25, -0.2) is 0 Å². The van der Waals surface area contributed by atoms with Gasteiger partial charge in [0, 0.05) is 21.4 Å². The minimum Gasteiger partial charge on any atom is -0.0737 e. The highest BCUT2D eigenvalue weighted by molar-refractivity contribution is 6.36. The molecule has 0 N–H and O–H groups in total. The first-order chi connectivity index (χ1) is 11.2. The third-order valence-corrected chi connectivity index (χ3v) is 6.66. The fraction of sp³-hybridized carbons (Fsp3) is 0.273. The Labute approximate surface area is 141 Å². The Morgan fingerprint density at radius 1 is 0.696 bits per heavy atom. The lowest BCUT2D eigenvalue weighted by atomic mass is 10.0. The Bertz CT molecular complexity index is 730. The maximum atomic E-state index is 2.47. The Kier molecular flexibility index (Phi) is 3.82. The van der Waals surface area contributed by atoms with E-state index in [1.807, 2.05) is 0 Å². The van der Waals surface area contributed by atoms with Gasteiger partial charge in [-0.15, -0.1) is 0 Å². The van der Waals surface area contributed by atoms with E-state index < -0.39 is 0 Å². The molecule has 2 radical (unpaired) electrons. The zero-order valence-corrected chi connectivity index (χ0v) is 14.8. The Hall–Kier alpha value is -1.86. The fourth-order valence-corrected chi connectivity index (χ4v) is 5.52. The van der Waals surface area contributed by atoms with Gasteiger partial charge < -0.3 is 0 Å². The molecule has 23 heavy (non-hydrogen) atoms. The summed E-state index contributed by atoms with van der Waals surface area (Å²) >= 11 is 0. The lowest BCUT2D eigenvalue weighted by Crippen LogP contribution is -2.03. The summed E-state index contributed by atoms with van der Waals surface area (Å²) in [6, 6.07) is 20.4. The molecule has 0 saturated carbocycles. The summed E-state index contributed by atoms with van der Waals surface area (Å²) in [5.41, 5.74) is 8.91. The van der Waals surface area contributed by atoms with Gasteiger partial charge >= 0.3 is 0 Å². The molecular formula is C22H22Si. The molecule has 4 rings (SSSR count). The number of allylic oxidation sites excluding steroid dienone is 4. The largest absolute Gasteiger partial charge is 0.0737 e. The molecule has 0 aliphatic heterocycles. The second kappa shape index (κ2) is 5.97. The zero-order valence-electron chi connectivity index (χ0n) is 13.8. The van der Waals surface area contributed by atoms with Gasteiger partial charge in [0.1, 0.15) is 0 Å². The van der Waals surface area contributed by atoms with E-state index in [0.717, 1.165) is 9.52 Å². The average Bonchev–Trinajstić information content (AvgIpc) is 3.07. The van der Waals surface area contributed by atoms with Gasteiger partial charge in [0.2, 0.25) is 0 Å². The summed E-state index contributed by atoms with van der Waals surface area (Å²) < 4.78 is 0. The molecule has 2 aromatic carbocycles. The van der Waals surface area contributed by atoms with Gasteiger partial charge in [-0.3, -0.25) is 0 Å². The Balaban J connectivity index is 1.43. The molecule has 2 aliphatic rings. The summed E-state index contributed by atoms with van der Waals surface area (Å²) in [5.74, 6) is 1.26. The molecule has 0 heterocycles. The summed E-state index contributed by atoms with van der Waals surface area (Å²) in [4.78, 5) is 0. The van der Waals surface area contributed by atoms with E-state index in [4.69, 9.17) is 0 Å². The van der Waals surface area contributed by atoms with E-state index in [1.54, 1.807) is 0 Å². The summed E-state index contributed by atoms with van der Waals surface area (Å²) in [7, 11) is 1.01. The zero-order chi connectivity index (χ0) is 15.8. The van der Waals surface area contributed by atoms with Crippen molar-refractivity contribution in [3.05, 3.63) is 82.9 Å². The molecule has 2 aliphatic carbocycles. The van der Waals surface area contributed by atoms with Crippen LogP contribution in [0.25, 0.3) is 11.1 Å². The van der Waals surface area contributed by atoms with Gasteiger partial charge in [-0.05, 0) is 47.2 Å². The molecule has 0 aromatic heterocycles. The van der Waals surface area contributed by atoms with E-state index in [9.17, 15) is 0 Å². The molecule has 2 atom stereocenters. The maximum Gasteiger partial charge on any atom is 0.0397 e. The molecule has 1 heteroatoms. The van der Waals surface area contributed by atoms with Crippen molar-refractivity contribution in [2.45, 2.75) is 37.8 Å². The molecule has 0 spiro atoms. The number of fused-ring (bicyclic) bond motifs is 2. The quantitative estimate of drug-likeness (QED) is 0.614. The van der Waals surface area contributed by atoms with Crippen LogP contribution in [0.1, 0.15) is 47.9 Å². The van der Waals surface area contributed by atoms with E-state index in [0.29, 0.717) is 11.8 Å². The standard InChI is InChI=1S/C22H22Si/c1-15-11-17(21-9-5-3-7-19(15)21)13-23-14-18-12-16(2)20-8-4-6-10-22(18)20/h3-12,17-18H,13-14H2,1-2H3. The third-order valence-electron chi connectivity index (χ3n) is 5.20. The molecule has 0 fully saturated rings. The first-order valence-corrected chi connectivity index (χ1v) is 9.91. The normalized spacial score (nSPS) is 21.7. The first kappa shape index (κ1) is 14.7. The van der Waals surface area contributed by atoms with Crippen molar-refractivity contribution in [3.63, 3.8) is 0 Å². The number of rotatable bonds is 4. The molecule has 0 nitrogen and oxygen atoms in total. The summed E-state index contributed by atoms with van der Waals surface area (Å²) in [5, 5.41) is 0. The van der Waals surface area contributed by atoms with Crippen LogP contribution in [0.3, 0.4) is 0 Å². The minimum atomic E-state index is 0.631. The van der Waals surface area contributed by atoms with E-state index in [-0.39, 0.29) is 0 Å². The Morgan fingerprint density at radius 2 is 1.13 bits per heavy atom. The van der Waals surface area contributed by atoms with Crippen LogP contribution in [0.5, 0.6) is 0 Å². The van der Waals surface area contributed by atoms with Gasteiger partial charge in [-0.2, -0.15) is 0 Å². The van der Waals surface area contributed by atoms with Crippen LogP contribution in [0, 0.1) is 0 Å². The van der Waals surface area contributed by atoms with Gasteiger partial charge in [0.15, 0.2) is 0 Å². The van der Waals surface area contributed by atoms with Gasteiger partial charge in [0.25, 0.3) is 0 Å². The van der Waals surface area contributed by atoms with Crippen molar-refractivity contribution in [2.24, 2.45) is 0 Å².